The summed E-state index contributed by atoms with van der Waals surface area (Å²) in [6, 6.07) is 2.18. The van der Waals surface area contributed by atoms with Crippen LogP contribution in [0.1, 0.15) is 18.1 Å². The summed E-state index contributed by atoms with van der Waals surface area (Å²) in [6.45, 7) is 2.53. The van der Waals surface area contributed by atoms with E-state index >= 15 is 0 Å². The summed E-state index contributed by atoms with van der Waals surface area (Å²) in [5.41, 5.74) is -1.34. The fourth-order valence-electron chi connectivity index (χ4n) is 1.54. The molecular formula is C12H12F3NO2S. The predicted octanol–water partition coefficient (Wildman–Crippen LogP) is 2.31. The lowest BCUT2D eigenvalue weighted by Crippen LogP contribution is -2.32. The molecule has 1 rings (SSSR count). The van der Waals surface area contributed by atoms with Crippen LogP contribution in [0.25, 0.3) is 0 Å². The minimum atomic E-state index is -4.60. The Hall–Kier alpha value is -1.52. The molecule has 0 aliphatic heterocycles. The summed E-state index contributed by atoms with van der Waals surface area (Å²) >= 11 is 0. The molecule has 0 saturated carbocycles. The lowest BCUT2D eigenvalue weighted by atomic mass is 10.1. The molecule has 1 atom stereocenters. The number of rotatable bonds is 3. The maximum absolute atomic E-state index is 12.7. The van der Waals surface area contributed by atoms with Crippen molar-refractivity contribution in [2.75, 3.05) is 0 Å². The van der Waals surface area contributed by atoms with Gasteiger partial charge in [0.05, 0.1) is 16.5 Å². The van der Waals surface area contributed by atoms with Gasteiger partial charge in [0.1, 0.15) is 0 Å². The highest BCUT2D eigenvalue weighted by Gasteiger charge is 2.34. The molecule has 1 unspecified atom stereocenters. The molecule has 1 aromatic rings. The molecule has 0 fully saturated rings. The predicted molar refractivity (Wildman–Crippen MR) is 64.8 cm³/mol. The molecule has 0 spiro atoms. The maximum atomic E-state index is 12.7. The van der Waals surface area contributed by atoms with Crippen LogP contribution < -0.4 is 4.72 Å². The van der Waals surface area contributed by atoms with Gasteiger partial charge in [0, 0.05) is 0 Å². The minimum Gasteiger partial charge on any atom is -0.207 e. The van der Waals surface area contributed by atoms with Crippen molar-refractivity contribution in [2.45, 2.75) is 31.0 Å². The number of terminal acetylenes is 1. The van der Waals surface area contributed by atoms with E-state index < -0.39 is 32.7 Å². The Morgan fingerprint density at radius 2 is 1.95 bits per heavy atom. The molecule has 3 nitrogen and oxygen atoms in total. The first kappa shape index (κ1) is 15.5. The Morgan fingerprint density at radius 1 is 1.37 bits per heavy atom. The van der Waals surface area contributed by atoms with Crippen molar-refractivity contribution in [2.24, 2.45) is 0 Å². The Balaban J connectivity index is 3.35. The summed E-state index contributed by atoms with van der Waals surface area (Å²) in [4.78, 5) is -0.426. The molecule has 0 heterocycles. The van der Waals surface area contributed by atoms with Gasteiger partial charge in [0.15, 0.2) is 0 Å². The van der Waals surface area contributed by atoms with E-state index in [1.165, 1.54) is 6.92 Å². The molecule has 1 aromatic carbocycles. The standard InChI is InChI=1S/C12H12F3NO2S/c1-4-8(2)16-19(17,18)11-7-5-6-10(9(11)3)12(13,14)15/h1,5-8,16H,2-3H3. The van der Waals surface area contributed by atoms with Gasteiger partial charge in [0.25, 0.3) is 0 Å². The zero-order valence-corrected chi connectivity index (χ0v) is 11.1. The molecule has 0 aliphatic rings. The van der Waals surface area contributed by atoms with Gasteiger partial charge in [-0.05, 0) is 31.5 Å². The zero-order chi connectivity index (χ0) is 14.8. The molecule has 0 radical (unpaired) electrons. The molecule has 0 aliphatic carbocycles. The highest BCUT2D eigenvalue weighted by Crippen LogP contribution is 2.34. The molecule has 0 saturated heterocycles. The first-order valence-electron chi connectivity index (χ1n) is 5.25. The van der Waals surface area contributed by atoms with Crippen LogP contribution in [-0.4, -0.2) is 14.5 Å². The van der Waals surface area contributed by atoms with Crippen molar-refractivity contribution in [1.82, 2.24) is 4.72 Å². The summed E-state index contributed by atoms with van der Waals surface area (Å²) in [7, 11) is -4.08. The molecule has 0 bridgehead atoms. The highest BCUT2D eigenvalue weighted by molar-refractivity contribution is 7.89. The molecule has 0 amide bonds. The zero-order valence-electron chi connectivity index (χ0n) is 10.2. The number of hydrogen-bond donors (Lipinski definition) is 1. The van der Waals surface area contributed by atoms with Gasteiger partial charge >= 0.3 is 6.18 Å². The highest BCUT2D eigenvalue weighted by atomic mass is 32.2. The second kappa shape index (κ2) is 5.23. The van der Waals surface area contributed by atoms with Crippen LogP contribution in [0.2, 0.25) is 0 Å². The minimum absolute atomic E-state index is 0.355. The van der Waals surface area contributed by atoms with E-state index in [0.717, 1.165) is 25.1 Å². The molecule has 104 valence electrons. The van der Waals surface area contributed by atoms with Gasteiger partial charge in [0.2, 0.25) is 10.0 Å². The van der Waals surface area contributed by atoms with E-state index in [0.29, 0.717) is 0 Å². The van der Waals surface area contributed by atoms with Gasteiger partial charge in [-0.25, -0.2) is 8.42 Å². The van der Waals surface area contributed by atoms with E-state index in [4.69, 9.17) is 6.42 Å². The Morgan fingerprint density at radius 3 is 2.42 bits per heavy atom. The van der Waals surface area contributed by atoms with Crippen molar-refractivity contribution in [3.8, 4) is 12.3 Å². The topological polar surface area (TPSA) is 46.2 Å². The quantitative estimate of drug-likeness (QED) is 0.869. The lowest BCUT2D eigenvalue weighted by Gasteiger charge is -2.15. The van der Waals surface area contributed by atoms with Gasteiger partial charge in [-0.1, -0.05) is 12.0 Å². The van der Waals surface area contributed by atoms with Crippen LogP contribution in [-0.2, 0) is 16.2 Å². The third-order valence-electron chi connectivity index (χ3n) is 2.46. The molecular weight excluding hydrogens is 279 g/mol. The lowest BCUT2D eigenvalue weighted by molar-refractivity contribution is -0.138. The van der Waals surface area contributed by atoms with E-state index in [-0.39, 0.29) is 5.56 Å². The van der Waals surface area contributed by atoms with Crippen LogP contribution in [0.3, 0.4) is 0 Å². The summed E-state index contributed by atoms with van der Waals surface area (Å²) in [5.74, 6) is 2.14. The number of nitrogens with one attached hydrogen (secondary N) is 1. The van der Waals surface area contributed by atoms with E-state index in [1.54, 1.807) is 0 Å². The van der Waals surface area contributed by atoms with Crippen molar-refractivity contribution >= 4 is 10.0 Å². The van der Waals surface area contributed by atoms with Crippen molar-refractivity contribution in [1.29, 1.82) is 0 Å². The third-order valence-corrected chi connectivity index (χ3v) is 4.15. The van der Waals surface area contributed by atoms with Crippen LogP contribution in [0, 0.1) is 19.3 Å². The summed E-state index contributed by atoms with van der Waals surface area (Å²) in [6.07, 6.45) is 0.434. The fraction of sp³-hybridized carbons (Fsp3) is 0.333. The van der Waals surface area contributed by atoms with Crippen LogP contribution >= 0.6 is 0 Å². The SMILES string of the molecule is C#CC(C)NS(=O)(=O)c1cccc(C(F)(F)F)c1C. The van der Waals surface area contributed by atoms with Crippen molar-refractivity contribution in [3.05, 3.63) is 29.3 Å². The number of alkyl halides is 3. The van der Waals surface area contributed by atoms with Crippen LogP contribution in [0.5, 0.6) is 0 Å². The van der Waals surface area contributed by atoms with Gasteiger partial charge in [-0.15, -0.1) is 6.42 Å². The molecule has 19 heavy (non-hydrogen) atoms. The number of sulfonamides is 1. The average molecular weight is 291 g/mol. The van der Waals surface area contributed by atoms with E-state index in [1.807, 2.05) is 0 Å². The monoisotopic (exact) mass is 291 g/mol. The van der Waals surface area contributed by atoms with Crippen molar-refractivity contribution in [3.63, 3.8) is 0 Å². The second-order valence-electron chi connectivity index (χ2n) is 3.94. The van der Waals surface area contributed by atoms with Crippen LogP contribution in [0.4, 0.5) is 13.2 Å². The van der Waals surface area contributed by atoms with Crippen molar-refractivity contribution < 1.29 is 21.6 Å². The molecule has 1 N–H and O–H groups in total. The Bertz CT molecular complexity index is 615. The van der Waals surface area contributed by atoms with Gasteiger partial charge in [-0.2, -0.15) is 17.9 Å². The normalized spacial score (nSPS) is 13.9. The van der Waals surface area contributed by atoms with Gasteiger partial charge < -0.3 is 0 Å². The van der Waals surface area contributed by atoms with Gasteiger partial charge in [-0.3, -0.25) is 0 Å². The largest absolute Gasteiger partial charge is 0.416 e. The molecule has 0 aromatic heterocycles. The number of benzene rings is 1. The first-order valence-corrected chi connectivity index (χ1v) is 6.73. The third kappa shape index (κ3) is 3.49. The van der Waals surface area contributed by atoms with E-state index in [2.05, 4.69) is 10.6 Å². The van der Waals surface area contributed by atoms with E-state index in [9.17, 15) is 21.6 Å². The number of hydrogen-bond acceptors (Lipinski definition) is 2. The number of halogens is 3. The fourth-order valence-corrected chi connectivity index (χ4v) is 2.97. The maximum Gasteiger partial charge on any atom is 0.416 e. The van der Waals surface area contributed by atoms with Crippen LogP contribution in [0.15, 0.2) is 23.1 Å². The molecule has 7 heteroatoms. The first-order chi connectivity index (χ1) is 8.59. The average Bonchev–Trinajstić information content (AvgIpc) is 2.26. The second-order valence-corrected chi connectivity index (χ2v) is 5.62. The Kier molecular flexibility index (Phi) is 4.28. The Labute approximate surface area is 109 Å². The summed E-state index contributed by atoms with van der Waals surface area (Å²) in [5, 5.41) is 0. The smallest absolute Gasteiger partial charge is 0.207 e. The summed E-state index contributed by atoms with van der Waals surface area (Å²) < 4.78 is 64.1.